The van der Waals surface area contributed by atoms with Crippen molar-refractivity contribution in [1.82, 2.24) is 4.90 Å². The van der Waals surface area contributed by atoms with Gasteiger partial charge in [0.15, 0.2) is 0 Å². The minimum absolute atomic E-state index is 0.0718. The molecule has 0 aliphatic rings. The van der Waals surface area contributed by atoms with Gasteiger partial charge in [-0.15, -0.1) is 0 Å². The Hall–Kier alpha value is -2.69. The first kappa shape index (κ1) is 20.6. The average Bonchev–Trinajstić information content (AvgIpc) is 2.63. The lowest BCUT2D eigenvalue weighted by Crippen LogP contribution is -2.43. The third-order valence-electron chi connectivity index (χ3n) is 4.16. The summed E-state index contributed by atoms with van der Waals surface area (Å²) in [5.41, 5.74) is 2.71. The zero-order valence-corrected chi connectivity index (χ0v) is 17.0. The zero-order chi connectivity index (χ0) is 20.0. The minimum atomic E-state index is -0.521. The Morgan fingerprint density at radius 3 is 2.63 bits per heavy atom. The van der Waals surface area contributed by atoms with Crippen LogP contribution in [-0.4, -0.2) is 36.3 Å². The molecule has 0 fully saturated rings. The molecule has 0 saturated heterocycles. The Labute approximate surface area is 167 Å². The Morgan fingerprint density at radius 2 is 1.96 bits per heavy atom. The number of carbonyl (C=O) groups excluding carboxylic acids is 2. The maximum atomic E-state index is 12.4. The van der Waals surface area contributed by atoms with E-state index in [2.05, 4.69) is 26.6 Å². The van der Waals surface area contributed by atoms with Crippen LogP contribution < -0.4 is 10.6 Å². The molecule has 0 aromatic heterocycles. The van der Waals surface area contributed by atoms with Crippen LogP contribution in [0.15, 0.2) is 46.9 Å². The molecule has 0 radical (unpaired) electrons. The van der Waals surface area contributed by atoms with Crippen LogP contribution in [0.3, 0.4) is 0 Å². The van der Waals surface area contributed by atoms with Crippen molar-refractivity contribution >= 4 is 39.1 Å². The lowest BCUT2D eigenvalue weighted by atomic mass is 10.2. The molecular formula is C20H21BrN4O2. The summed E-state index contributed by atoms with van der Waals surface area (Å²) in [7, 11) is 1.71. The first-order chi connectivity index (χ1) is 12.8. The number of carbonyl (C=O) groups is 2. The van der Waals surface area contributed by atoms with Crippen molar-refractivity contribution < 1.29 is 9.59 Å². The Balaban J connectivity index is 1.93. The minimum Gasteiger partial charge on any atom is -0.325 e. The molecule has 6 nitrogen and oxygen atoms in total. The predicted octanol–water partition coefficient (Wildman–Crippen LogP) is 3.53. The largest absolute Gasteiger partial charge is 0.325 e. The fourth-order valence-corrected chi connectivity index (χ4v) is 2.91. The third kappa shape index (κ3) is 5.91. The standard InChI is InChI=1S/C20H21BrN4O2/c1-13-9-16(21)7-8-18(13)24-19(26)12-25(3)14(2)20(27)23-17-6-4-5-15(10-17)11-22/h4-10,14H,12H2,1-3H3,(H,23,27)(H,24,26). The van der Waals surface area contributed by atoms with Crippen molar-refractivity contribution in [2.75, 3.05) is 24.2 Å². The summed E-state index contributed by atoms with van der Waals surface area (Å²) in [6.07, 6.45) is 0. The molecule has 1 atom stereocenters. The normalized spacial score (nSPS) is 11.6. The highest BCUT2D eigenvalue weighted by molar-refractivity contribution is 9.10. The molecule has 0 saturated carbocycles. The van der Waals surface area contributed by atoms with Crippen LogP contribution >= 0.6 is 15.9 Å². The van der Waals surface area contributed by atoms with E-state index in [1.54, 1.807) is 43.1 Å². The quantitative estimate of drug-likeness (QED) is 0.736. The van der Waals surface area contributed by atoms with Crippen molar-refractivity contribution in [3.8, 4) is 6.07 Å². The monoisotopic (exact) mass is 428 g/mol. The number of nitriles is 1. The van der Waals surface area contributed by atoms with Gasteiger partial charge < -0.3 is 10.6 Å². The van der Waals surface area contributed by atoms with Crippen LogP contribution in [0, 0.1) is 18.3 Å². The number of likely N-dealkylation sites (N-methyl/N-ethyl adjacent to an activating group) is 1. The Morgan fingerprint density at radius 1 is 1.22 bits per heavy atom. The summed E-state index contributed by atoms with van der Waals surface area (Å²) in [6.45, 7) is 3.71. The van der Waals surface area contributed by atoms with Gasteiger partial charge in [-0.1, -0.05) is 22.0 Å². The third-order valence-corrected chi connectivity index (χ3v) is 4.65. The van der Waals surface area contributed by atoms with E-state index >= 15 is 0 Å². The molecule has 27 heavy (non-hydrogen) atoms. The van der Waals surface area contributed by atoms with Crippen LogP contribution in [0.1, 0.15) is 18.1 Å². The van der Waals surface area contributed by atoms with Crippen LogP contribution in [0.5, 0.6) is 0 Å². The predicted molar refractivity (Wildman–Crippen MR) is 109 cm³/mol. The van der Waals surface area contributed by atoms with E-state index in [1.807, 2.05) is 31.2 Å². The number of hydrogen-bond acceptors (Lipinski definition) is 4. The van der Waals surface area contributed by atoms with Gasteiger partial charge in [0.1, 0.15) is 0 Å². The number of rotatable bonds is 6. The van der Waals surface area contributed by atoms with E-state index in [-0.39, 0.29) is 18.4 Å². The molecule has 1 unspecified atom stereocenters. The van der Waals surface area contributed by atoms with Crippen molar-refractivity contribution in [1.29, 1.82) is 5.26 Å². The lowest BCUT2D eigenvalue weighted by Gasteiger charge is -2.23. The molecule has 2 amide bonds. The molecule has 2 aromatic carbocycles. The summed E-state index contributed by atoms with van der Waals surface area (Å²) < 4.78 is 0.945. The number of aryl methyl sites for hydroxylation is 1. The molecule has 140 valence electrons. The number of amides is 2. The number of hydrogen-bond donors (Lipinski definition) is 2. The molecule has 0 bridgehead atoms. The summed E-state index contributed by atoms with van der Waals surface area (Å²) >= 11 is 3.39. The van der Waals surface area contributed by atoms with Gasteiger partial charge in [-0.3, -0.25) is 14.5 Å². The van der Waals surface area contributed by atoms with Gasteiger partial charge in [0.2, 0.25) is 11.8 Å². The van der Waals surface area contributed by atoms with Crippen molar-refractivity contribution in [3.05, 3.63) is 58.1 Å². The summed E-state index contributed by atoms with van der Waals surface area (Å²) in [6, 6.07) is 13.8. The van der Waals surface area contributed by atoms with Gasteiger partial charge in [-0.25, -0.2) is 0 Å². The van der Waals surface area contributed by atoms with Crippen molar-refractivity contribution in [2.45, 2.75) is 19.9 Å². The average molecular weight is 429 g/mol. The second-order valence-corrected chi connectivity index (χ2v) is 7.20. The van der Waals surface area contributed by atoms with Crippen LogP contribution in [0.4, 0.5) is 11.4 Å². The number of nitrogens with one attached hydrogen (secondary N) is 2. The molecule has 0 aliphatic heterocycles. The van der Waals surface area contributed by atoms with Crippen LogP contribution in [0.2, 0.25) is 0 Å². The van der Waals surface area contributed by atoms with E-state index in [0.29, 0.717) is 11.3 Å². The molecule has 2 rings (SSSR count). The van der Waals surface area contributed by atoms with Gasteiger partial charge >= 0.3 is 0 Å². The second kappa shape index (κ2) is 9.31. The van der Waals surface area contributed by atoms with E-state index in [0.717, 1.165) is 15.7 Å². The Kier molecular flexibility index (Phi) is 7.11. The van der Waals surface area contributed by atoms with Gasteiger partial charge in [0, 0.05) is 15.8 Å². The maximum absolute atomic E-state index is 12.4. The van der Waals surface area contributed by atoms with Gasteiger partial charge in [0.25, 0.3) is 0 Å². The van der Waals surface area contributed by atoms with Crippen LogP contribution in [-0.2, 0) is 9.59 Å². The zero-order valence-electron chi connectivity index (χ0n) is 15.4. The first-order valence-electron chi connectivity index (χ1n) is 8.37. The number of nitrogens with zero attached hydrogens (tertiary/aromatic N) is 2. The Bertz CT molecular complexity index is 892. The molecule has 7 heteroatoms. The highest BCUT2D eigenvalue weighted by Gasteiger charge is 2.20. The summed E-state index contributed by atoms with van der Waals surface area (Å²) in [5.74, 6) is -0.450. The summed E-state index contributed by atoms with van der Waals surface area (Å²) in [4.78, 5) is 26.4. The molecular weight excluding hydrogens is 408 g/mol. The number of benzene rings is 2. The van der Waals surface area contributed by atoms with Crippen molar-refractivity contribution in [3.63, 3.8) is 0 Å². The van der Waals surface area contributed by atoms with Gasteiger partial charge in [-0.2, -0.15) is 5.26 Å². The lowest BCUT2D eigenvalue weighted by molar-refractivity contribution is -0.122. The van der Waals surface area contributed by atoms with E-state index < -0.39 is 6.04 Å². The van der Waals surface area contributed by atoms with E-state index in [1.165, 1.54) is 0 Å². The molecule has 0 aliphatic carbocycles. The van der Waals surface area contributed by atoms with E-state index in [9.17, 15) is 9.59 Å². The SMILES string of the molecule is Cc1cc(Br)ccc1NC(=O)CN(C)C(C)C(=O)Nc1cccc(C#N)c1. The molecule has 0 heterocycles. The fourth-order valence-electron chi connectivity index (χ4n) is 2.43. The van der Waals surface area contributed by atoms with Gasteiger partial charge in [0.05, 0.1) is 24.2 Å². The highest BCUT2D eigenvalue weighted by atomic mass is 79.9. The molecule has 2 aromatic rings. The first-order valence-corrected chi connectivity index (χ1v) is 9.16. The van der Waals surface area contributed by atoms with Crippen LogP contribution in [0.25, 0.3) is 0 Å². The second-order valence-electron chi connectivity index (χ2n) is 6.28. The smallest absolute Gasteiger partial charge is 0.241 e. The number of halogens is 1. The van der Waals surface area contributed by atoms with Crippen molar-refractivity contribution in [2.24, 2.45) is 0 Å². The topological polar surface area (TPSA) is 85.2 Å². The maximum Gasteiger partial charge on any atom is 0.241 e. The highest BCUT2D eigenvalue weighted by Crippen LogP contribution is 2.20. The van der Waals surface area contributed by atoms with E-state index in [4.69, 9.17) is 5.26 Å². The fraction of sp³-hybridized carbons (Fsp3) is 0.250. The van der Waals surface area contributed by atoms with Gasteiger partial charge in [-0.05, 0) is 62.9 Å². The number of anilines is 2. The summed E-state index contributed by atoms with van der Waals surface area (Å²) in [5, 5.41) is 14.6. The molecule has 0 spiro atoms. The molecule has 2 N–H and O–H groups in total.